The monoisotopic (exact) mass is 177 g/mol. The van der Waals surface area contributed by atoms with Gasteiger partial charge >= 0.3 is 0 Å². The first kappa shape index (κ1) is 11.8. The van der Waals surface area contributed by atoms with Gasteiger partial charge in [-0.2, -0.15) is 0 Å². The van der Waals surface area contributed by atoms with Crippen molar-refractivity contribution in [2.75, 3.05) is 0 Å². The van der Waals surface area contributed by atoms with Gasteiger partial charge in [-0.1, -0.05) is 37.8 Å². The molecule has 0 spiro atoms. The zero-order valence-corrected chi connectivity index (χ0v) is 8.80. The smallest absolute Gasteiger partial charge is 0.0336 e. The molecule has 0 aromatic heterocycles. The minimum Gasteiger partial charge on any atom is -0.362 e. The van der Waals surface area contributed by atoms with Crippen LogP contribution in [0.5, 0.6) is 0 Å². The van der Waals surface area contributed by atoms with Crippen LogP contribution in [0.15, 0.2) is 48.4 Å². The zero-order valence-electron chi connectivity index (χ0n) is 8.80. The SMILES string of the molecule is C=C(N/C=C/C)/C(C)=C\C=C/CC. The highest BCUT2D eigenvalue weighted by molar-refractivity contribution is 5.29. The van der Waals surface area contributed by atoms with E-state index in [1.807, 2.05) is 26.1 Å². The summed E-state index contributed by atoms with van der Waals surface area (Å²) >= 11 is 0. The summed E-state index contributed by atoms with van der Waals surface area (Å²) in [6.07, 6.45) is 11.1. The molecule has 0 aromatic rings. The van der Waals surface area contributed by atoms with Crippen molar-refractivity contribution in [3.63, 3.8) is 0 Å². The van der Waals surface area contributed by atoms with E-state index in [2.05, 4.69) is 37.0 Å². The Morgan fingerprint density at radius 3 is 2.69 bits per heavy atom. The highest BCUT2D eigenvalue weighted by atomic mass is 14.8. The van der Waals surface area contributed by atoms with Gasteiger partial charge in [-0.3, -0.25) is 0 Å². The lowest BCUT2D eigenvalue weighted by Gasteiger charge is -2.03. The van der Waals surface area contributed by atoms with Crippen LogP contribution < -0.4 is 5.32 Å². The summed E-state index contributed by atoms with van der Waals surface area (Å²) < 4.78 is 0. The molecular weight excluding hydrogens is 158 g/mol. The molecule has 0 aliphatic rings. The molecule has 0 unspecified atom stereocenters. The fourth-order valence-corrected chi connectivity index (χ4v) is 0.747. The molecule has 0 aliphatic carbocycles. The lowest BCUT2D eigenvalue weighted by Crippen LogP contribution is -2.03. The molecule has 0 aliphatic heterocycles. The maximum absolute atomic E-state index is 3.91. The molecule has 0 bridgehead atoms. The Morgan fingerprint density at radius 1 is 1.46 bits per heavy atom. The minimum atomic E-state index is 0.943. The fourth-order valence-electron chi connectivity index (χ4n) is 0.747. The van der Waals surface area contributed by atoms with Gasteiger partial charge in [-0.15, -0.1) is 0 Å². The Labute approximate surface area is 81.5 Å². The van der Waals surface area contributed by atoms with Gasteiger partial charge in [-0.05, 0) is 32.0 Å². The summed E-state index contributed by atoms with van der Waals surface area (Å²) in [5.41, 5.74) is 2.10. The molecule has 0 fully saturated rings. The van der Waals surface area contributed by atoms with Gasteiger partial charge in [0, 0.05) is 5.70 Å². The third-order valence-electron chi connectivity index (χ3n) is 1.62. The maximum Gasteiger partial charge on any atom is 0.0336 e. The average molecular weight is 177 g/mol. The number of allylic oxidation sites excluding steroid dienone is 5. The first-order chi connectivity index (χ1) is 6.22. The first-order valence-corrected chi connectivity index (χ1v) is 4.62. The van der Waals surface area contributed by atoms with Crippen molar-refractivity contribution in [1.82, 2.24) is 5.32 Å². The summed E-state index contributed by atoms with van der Waals surface area (Å²) in [5, 5.41) is 3.08. The normalized spacial score (nSPS) is 12.7. The molecule has 1 heteroatoms. The van der Waals surface area contributed by atoms with Gasteiger partial charge < -0.3 is 5.32 Å². The van der Waals surface area contributed by atoms with Crippen LogP contribution in [0.4, 0.5) is 0 Å². The fraction of sp³-hybridized carbons (Fsp3) is 0.333. The molecule has 72 valence electrons. The first-order valence-electron chi connectivity index (χ1n) is 4.62. The quantitative estimate of drug-likeness (QED) is 0.633. The number of rotatable bonds is 5. The van der Waals surface area contributed by atoms with Crippen LogP contribution in [0.25, 0.3) is 0 Å². The van der Waals surface area contributed by atoms with Crippen LogP contribution in [0, 0.1) is 0 Å². The van der Waals surface area contributed by atoms with Gasteiger partial charge in [0.25, 0.3) is 0 Å². The predicted octanol–water partition coefficient (Wildman–Crippen LogP) is 3.54. The molecular formula is C12H19N. The van der Waals surface area contributed by atoms with Crippen molar-refractivity contribution in [3.8, 4) is 0 Å². The molecule has 0 saturated heterocycles. The Kier molecular flexibility index (Phi) is 6.70. The predicted molar refractivity (Wildman–Crippen MR) is 60.3 cm³/mol. The van der Waals surface area contributed by atoms with Crippen molar-refractivity contribution in [2.45, 2.75) is 27.2 Å². The van der Waals surface area contributed by atoms with Gasteiger partial charge in [0.15, 0.2) is 0 Å². The van der Waals surface area contributed by atoms with Crippen LogP contribution in [-0.2, 0) is 0 Å². The summed E-state index contributed by atoms with van der Waals surface area (Å²) in [4.78, 5) is 0. The van der Waals surface area contributed by atoms with E-state index in [0.29, 0.717) is 0 Å². The zero-order chi connectivity index (χ0) is 10.1. The second-order valence-electron chi connectivity index (χ2n) is 2.81. The van der Waals surface area contributed by atoms with Crippen LogP contribution in [-0.4, -0.2) is 0 Å². The third kappa shape index (κ3) is 5.97. The minimum absolute atomic E-state index is 0.943. The van der Waals surface area contributed by atoms with Crippen LogP contribution in [0.3, 0.4) is 0 Å². The van der Waals surface area contributed by atoms with Crippen LogP contribution in [0.2, 0.25) is 0 Å². The number of nitrogens with one attached hydrogen (secondary N) is 1. The molecule has 13 heavy (non-hydrogen) atoms. The topological polar surface area (TPSA) is 12.0 Å². The lowest BCUT2D eigenvalue weighted by molar-refractivity contribution is 1.07. The largest absolute Gasteiger partial charge is 0.362 e. The van der Waals surface area contributed by atoms with Gasteiger partial charge in [0.05, 0.1) is 0 Å². The molecule has 0 saturated carbocycles. The van der Waals surface area contributed by atoms with E-state index < -0.39 is 0 Å². The summed E-state index contributed by atoms with van der Waals surface area (Å²) in [5.74, 6) is 0. The second kappa shape index (κ2) is 7.41. The summed E-state index contributed by atoms with van der Waals surface area (Å²) in [6.45, 7) is 10.0. The van der Waals surface area contributed by atoms with E-state index in [-0.39, 0.29) is 0 Å². The lowest BCUT2D eigenvalue weighted by atomic mass is 10.2. The Hall–Kier alpha value is -1.24. The molecule has 0 rings (SSSR count). The van der Waals surface area contributed by atoms with Gasteiger partial charge in [-0.25, -0.2) is 0 Å². The molecule has 0 atom stereocenters. The van der Waals surface area contributed by atoms with Crippen LogP contribution >= 0.6 is 0 Å². The van der Waals surface area contributed by atoms with Crippen molar-refractivity contribution >= 4 is 0 Å². The Morgan fingerprint density at radius 2 is 2.15 bits per heavy atom. The highest BCUT2D eigenvalue weighted by Gasteiger charge is 1.90. The summed E-state index contributed by atoms with van der Waals surface area (Å²) in [6, 6.07) is 0. The molecule has 0 amide bonds. The van der Waals surface area contributed by atoms with Gasteiger partial charge in [0.1, 0.15) is 0 Å². The number of hydrogen-bond donors (Lipinski definition) is 1. The van der Waals surface area contributed by atoms with E-state index in [1.165, 1.54) is 0 Å². The van der Waals surface area contributed by atoms with Crippen molar-refractivity contribution in [2.24, 2.45) is 0 Å². The second-order valence-corrected chi connectivity index (χ2v) is 2.81. The number of hydrogen-bond acceptors (Lipinski definition) is 1. The molecule has 1 N–H and O–H groups in total. The maximum atomic E-state index is 3.91. The van der Waals surface area contributed by atoms with E-state index in [9.17, 15) is 0 Å². The summed E-state index contributed by atoms with van der Waals surface area (Å²) in [7, 11) is 0. The molecule has 0 radical (unpaired) electrons. The average Bonchev–Trinajstić information content (AvgIpc) is 2.14. The molecule has 1 nitrogen and oxygen atoms in total. The Bertz CT molecular complexity index is 232. The van der Waals surface area contributed by atoms with E-state index in [0.717, 1.165) is 17.7 Å². The van der Waals surface area contributed by atoms with E-state index in [4.69, 9.17) is 0 Å². The van der Waals surface area contributed by atoms with Crippen molar-refractivity contribution in [3.05, 3.63) is 48.4 Å². The van der Waals surface area contributed by atoms with E-state index in [1.54, 1.807) is 0 Å². The molecule has 0 aromatic carbocycles. The van der Waals surface area contributed by atoms with E-state index >= 15 is 0 Å². The standard InChI is InChI=1S/C12H19N/c1-5-7-8-9-11(3)12(4)13-10-6-2/h6-10,13H,4-5H2,1-3H3/b8-7-,10-6+,11-9-. The Balaban J connectivity index is 4.08. The van der Waals surface area contributed by atoms with Crippen molar-refractivity contribution in [1.29, 1.82) is 0 Å². The van der Waals surface area contributed by atoms with Gasteiger partial charge in [0.2, 0.25) is 0 Å². The highest BCUT2D eigenvalue weighted by Crippen LogP contribution is 2.03. The van der Waals surface area contributed by atoms with Crippen molar-refractivity contribution < 1.29 is 0 Å². The third-order valence-corrected chi connectivity index (χ3v) is 1.62. The van der Waals surface area contributed by atoms with Crippen LogP contribution in [0.1, 0.15) is 27.2 Å². The molecule has 0 heterocycles.